The molecule has 7 heteroatoms. The van der Waals surface area contributed by atoms with Crippen LogP contribution >= 0.6 is 23.2 Å². The van der Waals surface area contributed by atoms with Crippen LogP contribution in [-0.4, -0.2) is 17.3 Å². The lowest BCUT2D eigenvalue weighted by Crippen LogP contribution is -2.19. The summed E-state index contributed by atoms with van der Waals surface area (Å²) >= 11 is 12.3. The maximum absolute atomic E-state index is 12.4. The molecule has 0 radical (unpaired) electrons. The Morgan fingerprint density at radius 1 is 0.733 bits per heavy atom. The maximum atomic E-state index is 12.4. The average Bonchev–Trinajstić information content (AvgIpc) is 2.76. The minimum atomic E-state index is -0.316. The number of carbonyl (C=O) groups excluding carboxylic acids is 1. The molecule has 0 saturated carbocycles. The Kier molecular flexibility index (Phi) is 7.22. The molecule has 0 heterocycles. The number of benzene rings is 3. The quantitative estimate of drug-likeness (QED) is 0.366. The fourth-order valence-electron chi connectivity index (χ4n) is 2.67. The first kappa shape index (κ1) is 21.6. The first-order valence-corrected chi connectivity index (χ1v) is 9.96. The Balaban J connectivity index is 1.63. The normalized spacial score (nSPS) is 11.9. The highest BCUT2D eigenvalue weighted by atomic mass is 35.5. The summed E-state index contributed by atoms with van der Waals surface area (Å²) in [6.45, 7) is 3.66. The van der Waals surface area contributed by atoms with Gasteiger partial charge in [0, 0.05) is 26.7 Å². The summed E-state index contributed by atoms with van der Waals surface area (Å²) in [6, 6.07) is 21.7. The third-order valence-corrected chi connectivity index (χ3v) is 5.01. The smallest absolute Gasteiger partial charge is 0.271 e. The van der Waals surface area contributed by atoms with Crippen molar-refractivity contribution in [2.75, 3.05) is 5.43 Å². The molecule has 1 amide bonds. The Labute approximate surface area is 185 Å². The standard InChI is InChI=1S/C23H20Cl2N4O/c1-15(19-7-3-5-9-21(19)24)26-28-18-13-11-17(12-14-18)23(30)29-27-16(2)20-8-4-6-10-22(20)25/h3-14,28H,1-2H3,(H,29,30)/b26-15+,27-16+. The topological polar surface area (TPSA) is 65.8 Å². The molecule has 0 spiro atoms. The van der Waals surface area contributed by atoms with Crippen molar-refractivity contribution < 1.29 is 4.79 Å². The van der Waals surface area contributed by atoms with Crippen LogP contribution in [0.4, 0.5) is 5.69 Å². The zero-order chi connectivity index (χ0) is 21.5. The second kappa shape index (κ2) is 10.1. The van der Waals surface area contributed by atoms with Crippen LogP contribution in [0, 0.1) is 0 Å². The van der Waals surface area contributed by atoms with E-state index in [1.54, 1.807) is 37.3 Å². The minimum Gasteiger partial charge on any atom is -0.278 e. The van der Waals surface area contributed by atoms with Crippen LogP contribution in [0.25, 0.3) is 0 Å². The number of hydrazone groups is 2. The zero-order valence-electron chi connectivity index (χ0n) is 16.5. The number of hydrogen-bond acceptors (Lipinski definition) is 4. The van der Waals surface area contributed by atoms with Crippen molar-refractivity contribution >= 4 is 46.2 Å². The summed E-state index contributed by atoms with van der Waals surface area (Å²) in [6.07, 6.45) is 0. The Morgan fingerprint density at radius 3 is 1.77 bits per heavy atom. The Bertz CT molecular complexity index is 1110. The molecule has 152 valence electrons. The molecule has 0 aliphatic carbocycles. The van der Waals surface area contributed by atoms with Gasteiger partial charge in [-0.05, 0) is 50.2 Å². The van der Waals surface area contributed by atoms with Crippen LogP contribution in [0.2, 0.25) is 10.0 Å². The fourth-order valence-corrected chi connectivity index (χ4v) is 3.22. The fraction of sp³-hybridized carbons (Fsp3) is 0.0870. The Morgan fingerprint density at radius 2 is 1.23 bits per heavy atom. The van der Waals surface area contributed by atoms with Gasteiger partial charge < -0.3 is 0 Å². The molecule has 2 N–H and O–H groups in total. The van der Waals surface area contributed by atoms with Gasteiger partial charge in [0.05, 0.1) is 17.1 Å². The molecule has 0 aromatic heterocycles. The van der Waals surface area contributed by atoms with Gasteiger partial charge in [-0.2, -0.15) is 10.2 Å². The first-order chi connectivity index (χ1) is 14.5. The van der Waals surface area contributed by atoms with Gasteiger partial charge in [0.2, 0.25) is 0 Å². The van der Waals surface area contributed by atoms with Gasteiger partial charge in [-0.3, -0.25) is 10.2 Å². The second-order valence-corrected chi connectivity index (χ2v) is 7.30. The summed E-state index contributed by atoms with van der Waals surface area (Å²) in [5, 5.41) is 9.71. The molecule has 0 aliphatic heterocycles. The van der Waals surface area contributed by atoms with Crippen LogP contribution in [0.5, 0.6) is 0 Å². The predicted molar refractivity (Wildman–Crippen MR) is 125 cm³/mol. The van der Waals surface area contributed by atoms with Crippen molar-refractivity contribution in [3.05, 3.63) is 99.5 Å². The molecule has 0 fully saturated rings. The monoisotopic (exact) mass is 438 g/mol. The van der Waals surface area contributed by atoms with Crippen molar-refractivity contribution in [3.8, 4) is 0 Å². The SMILES string of the molecule is C/C(=N\NC(=O)c1ccc(N/N=C(\C)c2ccccc2Cl)cc1)c1ccccc1Cl. The van der Waals surface area contributed by atoms with Crippen LogP contribution in [0.1, 0.15) is 35.3 Å². The van der Waals surface area contributed by atoms with E-state index in [1.807, 2.05) is 49.4 Å². The van der Waals surface area contributed by atoms with Crippen molar-refractivity contribution in [2.45, 2.75) is 13.8 Å². The van der Waals surface area contributed by atoms with Crippen molar-refractivity contribution in [2.24, 2.45) is 10.2 Å². The summed E-state index contributed by atoms with van der Waals surface area (Å²) in [5.41, 5.74) is 9.74. The van der Waals surface area contributed by atoms with E-state index in [-0.39, 0.29) is 5.91 Å². The first-order valence-electron chi connectivity index (χ1n) is 9.20. The van der Waals surface area contributed by atoms with Gasteiger partial charge in [-0.15, -0.1) is 0 Å². The highest BCUT2D eigenvalue weighted by Gasteiger charge is 2.07. The van der Waals surface area contributed by atoms with Crippen molar-refractivity contribution in [1.82, 2.24) is 5.43 Å². The van der Waals surface area contributed by atoms with E-state index in [1.165, 1.54) is 0 Å². The number of halogens is 2. The molecule has 0 bridgehead atoms. The molecule has 0 atom stereocenters. The van der Waals surface area contributed by atoms with Gasteiger partial charge >= 0.3 is 0 Å². The van der Waals surface area contributed by atoms with Crippen LogP contribution in [-0.2, 0) is 0 Å². The average molecular weight is 439 g/mol. The lowest BCUT2D eigenvalue weighted by atomic mass is 10.1. The van der Waals surface area contributed by atoms with Crippen molar-refractivity contribution in [3.63, 3.8) is 0 Å². The Hall–Kier alpha value is -3.15. The van der Waals surface area contributed by atoms with Gasteiger partial charge in [-0.1, -0.05) is 59.6 Å². The number of nitrogens with one attached hydrogen (secondary N) is 2. The van der Waals surface area contributed by atoms with Gasteiger partial charge in [-0.25, -0.2) is 5.43 Å². The number of amides is 1. The van der Waals surface area contributed by atoms with E-state index < -0.39 is 0 Å². The van der Waals surface area contributed by atoms with Crippen molar-refractivity contribution in [1.29, 1.82) is 0 Å². The molecule has 3 aromatic carbocycles. The minimum absolute atomic E-state index is 0.316. The summed E-state index contributed by atoms with van der Waals surface area (Å²) in [7, 11) is 0. The van der Waals surface area contributed by atoms with E-state index in [9.17, 15) is 4.79 Å². The van der Waals surface area contributed by atoms with E-state index >= 15 is 0 Å². The summed E-state index contributed by atoms with van der Waals surface area (Å²) in [4.78, 5) is 12.4. The molecule has 30 heavy (non-hydrogen) atoms. The largest absolute Gasteiger partial charge is 0.278 e. The van der Waals surface area contributed by atoms with Crippen LogP contribution in [0.3, 0.4) is 0 Å². The van der Waals surface area contributed by atoms with E-state index in [0.717, 1.165) is 22.5 Å². The number of rotatable bonds is 6. The van der Waals surface area contributed by atoms with Crippen LogP contribution in [0.15, 0.2) is 83.0 Å². The molecule has 0 saturated heterocycles. The highest BCUT2D eigenvalue weighted by Crippen LogP contribution is 2.17. The van der Waals surface area contributed by atoms with E-state index in [0.29, 0.717) is 21.3 Å². The molecule has 0 aliphatic rings. The van der Waals surface area contributed by atoms with E-state index in [2.05, 4.69) is 21.1 Å². The van der Waals surface area contributed by atoms with Gasteiger partial charge in [0.1, 0.15) is 0 Å². The van der Waals surface area contributed by atoms with Crippen LogP contribution < -0.4 is 10.9 Å². The maximum Gasteiger partial charge on any atom is 0.271 e. The van der Waals surface area contributed by atoms with Gasteiger partial charge in [0.15, 0.2) is 0 Å². The summed E-state index contributed by atoms with van der Waals surface area (Å²) < 4.78 is 0. The lowest BCUT2D eigenvalue weighted by molar-refractivity contribution is 0.0955. The number of hydrogen-bond donors (Lipinski definition) is 2. The third kappa shape index (κ3) is 5.47. The lowest BCUT2D eigenvalue weighted by Gasteiger charge is -2.07. The molecule has 5 nitrogen and oxygen atoms in total. The molecule has 3 rings (SSSR count). The number of carbonyl (C=O) groups is 1. The third-order valence-electron chi connectivity index (χ3n) is 4.35. The zero-order valence-corrected chi connectivity index (χ0v) is 18.0. The second-order valence-electron chi connectivity index (χ2n) is 6.48. The predicted octanol–water partition coefficient (Wildman–Crippen LogP) is 5.98. The highest BCUT2D eigenvalue weighted by molar-refractivity contribution is 6.34. The molecular formula is C23H20Cl2N4O. The number of nitrogens with zero attached hydrogens (tertiary/aromatic N) is 2. The molecule has 3 aromatic rings. The number of anilines is 1. The van der Waals surface area contributed by atoms with E-state index in [4.69, 9.17) is 23.2 Å². The summed E-state index contributed by atoms with van der Waals surface area (Å²) in [5.74, 6) is -0.316. The molecular weight excluding hydrogens is 419 g/mol. The molecule has 0 unspecified atom stereocenters. The van der Waals surface area contributed by atoms with Gasteiger partial charge in [0.25, 0.3) is 5.91 Å².